The van der Waals surface area contributed by atoms with E-state index in [0.29, 0.717) is 11.8 Å². The Morgan fingerprint density at radius 1 is 1.07 bits per heavy atom. The number of halogens is 2. The molecule has 6 nitrogen and oxygen atoms in total. The van der Waals surface area contributed by atoms with Crippen LogP contribution in [0.2, 0.25) is 0 Å². The molecule has 0 aromatic heterocycles. The van der Waals surface area contributed by atoms with Gasteiger partial charge in [0.15, 0.2) is 36.2 Å². The van der Waals surface area contributed by atoms with Crippen LogP contribution in [-0.2, 0) is 19.1 Å². The van der Waals surface area contributed by atoms with Crippen molar-refractivity contribution in [3.63, 3.8) is 0 Å². The summed E-state index contributed by atoms with van der Waals surface area (Å²) in [6.45, 7) is -1.07. The number of ether oxygens (including phenoxy) is 2. The molecule has 0 saturated carbocycles. The number of ketones is 2. The Hall–Kier alpha value is -3.55. The number of anilines is 1. The molecule has 0 atom stereocenters. The Morgan fingerprint density at radius 2 is 1.81 bits per heavy atom. The molecular formula is C19H13F2NO5. The minimum Gasteiger partial charge on any atom is -0.470 e. The first-order chi connectivity index (χ1) is 13.0. The summed E-state index contributed by atoms with van der Waals surface area (Å²) in [7, 11) is 0. The van der Waals surface area contributed by atoms with E-state index in [4.69, 9.17) is 9.47 Å². The summed E-state index contributed by atoms with van der Waals surface area (Å²) in [5, 5.41) is 2.79. The molecule has 0 unspecified atom stereocenters. The maximum atomic E-state index is 13.2. The van der Waals surface area contributed by atoms with Crippen molar-refractivity contribution in [1.29, 1.82) is 0 Å². The average Bonchev–Trinajstić information content (AvgIpc) is 3.02. The Bertz CT molecular complexity index is 940. The van der Waals surface area contributed by atoms with Crippen LogP contribution in [0.15, 0.2) is 60.0 Å². The smallest absolute Gasteiger partial charge is 0.347 e. The van der Waals surface area contributed by atoms with Crippen LogP contribution >= 0.6 is 0 Å². The fourth-order valence-electron chi connectivity index (χ4n) is 2.32. The number of hydrogen-bond acceptors (Lipinski definition) is 6. The van der Waals surface area contributed by atoms with E-state index in [1.165, 1.54) is 0 Å². The molecule has 2 aromatic carbocycles. The zero-order valence-electron chi connectivity index (χ0n) is 13.8. The monoisotopic (exact) mass is 373 g/mol. The van der Waals surface area contributed by atoms with E-state index >= 15 is 0 Å². The number of rotatable bonds is 6. The van der Waals surface area contributed by atoms with Crippen molar-refractivity contribution < 1.29 is 32.6 Å². The quantitative estimate of drug-likeness (QED) is 0.476. The summed E-state index contributed by atoms with van der Waals surface area (Å²) in [5.74, 6) is -4.75. The third-order valence-corrected chi connectivity index (χ3v) is 3.67. The lowest BCUT2D eigenvalue weighted by atomic mass is 10.1. The number of esters is 1. The number of benzene rings is 2. The Morgan fingerprint density at radius 3 is 2.52 bits per heavy atom. The first kappa shape index (κ1) is 18.2. The van der Waals surface area contributed by atoms with Gasteiger partial charge >= 0.3 is 5.97 Å². The Kier molecular flexibility index (Phi) is 5.25. The summed E-state index contributed by atoms with van der Waals surface area (Å²) in [6, 6.07) is 11.3. The SMILES string of the molecule is O=C1COC(Nc2ccccc2)=C1C(=O)OCC(=O)c1ccc(F)c(F)c1. The lowest BCUT2D eigenvalue weighted by Gasteiger charge is -2.09. The second-order valence-corrected chi connectivity index (χ2v) is 5.54. The molecule has 27 heavy (non-hydrogen) atoms. The van der Waals surface area contributed by atoms with E-state index in [-0.39, 0.29) is 23.6 Å². The largest absolute Gasteiger partial charge is 0.470 e. The first-order valence-corrected chi connectivity index (χ1v) is 7.83. The third kappa shape index (κ3) is 4.17. The van der Waals surface area contributed by atoms with Gasteiger partial charge in [-0.05, 0) is 30.3 Å². The number of carbonyl (C=O) groups excluding carboxylic acids is 3. The van der Waals surface area contributed by atoms with Gasteiger partial charge in [-0.2, -0.15) is 0 Å². The van der Waals surface area contributed by atoms with Crippen LogP contribution in [-0.4, -0.2) is 30.7 Å². The molecule has 8 heteroatoms. The van der Waals surface area contributed by atoms with E-state index in [9.17, 15) is 23.2 Å². The molecule has 0 fully saturated rings. The molecule has 1 heterocycles. The van der Waals surface area contributed by atoms with Crippen molar-refractivity contribution >= 4 is 23.2 Å². The number of Topliss-reactive ketones (excluding diaryl/α,β-unsaturated/α-hetero) is 2. The maximum absolute atomic E-state index is 13.2. The molecule has 3 rings (SSSR count). The van der Waals surface area contributed by atoms with Gasteiger partial charge < -0.3 is 14.8 Å². The lowest BCUT2D eigenvalue weighted by Crippen LogP contribution is -2.20. The molecule has 0 aliphatic carbocycles. The highest BCUT2D eigenvalue weighted by Gasteiger charge is 2.33. The van der Waals surface area contributed by atoms with Crippen molar-refractivity contribution in [2.75, 3.05) is 18.5 Å². The van der Waals surface area contributed by atoms with E-state index in [1.54, 1.807) is 30.3 Å². The molecule has 0 amide bonds. The summed E-state index contributed by atoms with van der Waals surface area (Å²) in [6.07, 6.45) is 0. The minimum atomic E-state index is -1.19. The highest BCUT2D eigenvalue weighted by Crippen LogP contribution is 2.20. The molecule has 0 spiro atoms. The predicted octanol–water partition coefficient (Wildman–Crippen LogP) is 2.61. The van der Waals surface area contributed by atoms with Gasteiger partial charge in [0.05, 0.1) is 0 Å². The van der Waals surface area contributed by atoms with E-state index in [1.807, 2.05) is 0 Å². The van der Waals surface area contributed by atoms with Gasteiger partial charge in [0.25, 0.3) is 0 Å². The van der Waals surface area contributed by atoms with E-state index in [2.05, 4.69) is 5.32 Å². The third-order valence-electron chi connectivity index (χ3n) is 3.67. The van der Waals surface area contributed by atoms with Crippen LogP contribution in [0.1, 0.15) is 10.4 Å². The molecule has 0 saturated heterocycles. The fraction of sp³-hybridized carbons (Fsp3) is 0.105. The lowest BCUT2D eigenvalue weighted by molar-refractivity contribution is -0.139. The van der Waals surface area contributed by atoms with Crippen molar-refractivity contribution in [2.45, 2.75) is 0 Å². The Balaban J connectivity index is 1.69. The molecule has 2 aromatic rings. The standard InChI is InChI=1S/C19H13F2NO5/c20-13-7-6-11(8-14(13)21)15(23)9-27-19(25)17-16(24)10-26-18(17)22-12-4-2-1-3-5-12/h1-8,22H,9-10H2. The molecule has 138 valence electrons. The number of hydrogen-bond donors (Lipinski definition) is 1. The van der Waals surface area contributed by atoms with Crippen molar-refractivity contribution in [1.82, 2.24) is 0 Å². The van der Waals surface area contributed by atoms with Gasteiger partial charge in [0, 0.05) is 11.3 Å². The summed E-state index contributed by atoms with van der Waals surface area (Å²) in [4.78, 5) is 36.1. The minimum absolute atomic E-state index is 0.0727. The van der Waals surface area contributed by atoms with Crippen LogP contribution in [0.4, 0.5) is 14.5 Å². The maximum Gasteiger partial charge on any atom is 0.347 e. The van der Waals surface area contributed by atoms with Crippen LogP contribution in [0.25, 0.3) is 0 Å². The molecule has 1 N–H and O–H groups in total. The van der Waals surface area contributed by atoms with Crippen molar-refractivity contribution in [3.05, 3.63) is 77.2 Å². The number of nitrogens with one attached hydrogen (secondary N) is 1. The molecule has 1 aliphatic rings. The highest BCUT2D eigenvalue weighted by molar-refractivity contribution is 6.20. The van der Waals surface area contributed by atoms with Gasteiger partial charge in [0.2, 0.25) is 11.7 Å². The van der Waals surface area contributed by atoms with E-state index in [0.717, 1.165) is 12.1 Å². The number of carbonyl (C=O) groups is 3. The molecular weight excluding hydrogens is 360 g/mol. The summed E-state index contributed by atoms with van der Waals surface area (Å²) < 4.78 is 36.1. The van der Waals surface area contributed by atoms with Gasteiger partial charge in [-0.25, -0.2) is 13.6 Å². The van der Waals surface area contributed by atoms with Crippen LogP contribution in [0.5, 0.6) is 0 Å². The normalized spacial score (nSPS) is 13.3. The summed E-state index contributed by atoms with van der Waals surface area (Å²) in [5.41, 5.74) is 0.0783. The van der Waals surface area contributed by atoms with Crippen molar-refractivity contribution in [2.24, 2.45) is 0 Å². The second-order valence-electron chi connectivity index (χ2n) is 5.54. The summed E-state index contributed by atoms with van der Waals surface area (Å²) >= 11 is 0. The zero-order valence-corrected chi connectivity index (χ0v) is 13.8. The van der Waals surface area contributed by atoms with Crippen LogP contribution in [0, 0.1) is 11.6 Å². The predicted molar refractivity (Wildman–Crippen MR) is 89.7 cm³/mol. The molecule has 0 radical (unpaired) electrons. The first-order valence-electron chi connectivity index (χ1n) is 7.83. The van der Waals surface area contributed by atoms with Gasteiger partial charge in [-0.1, -0.05) is 18.2 Å². The van der Waals surface area contributed by atoms with Crippen LogP contribution < -0.4 is 5.32 Å². The highest BCUT2D eigenvalue weighted by atomic mass is 19.2. The van der Waals surface area contributed by atoms with Gasteiger partial charge in [0.1, 0.15) is 0 Å². The number of para-hydroxylation sites is 1. The Labute approximate surface area is 152 Å². The fourth-order valence-corrected chi connectivity index (χ4v) is 2.32. The second kappa shape index (κ2) is 7.77. The van der Waals surface area contributed by atoms with Gasteiger partial charge in [-0.15, -0.1) is 0 Å². The average molecular weight is 373 g/mol. The van der Waals surface area contributed by atoms with E-state index < -0.39 is 35.8 Å². The zero-order chi connectivity index (χ0) is 19.4. The topological polar surface area (TPSA) is 81.7 Å². The molecule has 0 bridgehead atoms. The van der Waals surface area contributed by atoms with Gasteiger partial charge in [-0.3, -0.25) is 9.59 Å². The molecule has 1 aliphatic heterocycles. The van der Waals surface area contributed by atoms with Crippen LogP contribution in [0.3, 0.4) is 0 Å². The van der Waals surface area contributed by atoms with Crippen molar-refractivity contribution in [3.8, 4) is 0 Å².